The van der Waals surface area contributed by atoms with Crippen molar-refractivity contribution in [3.63, 3.8) is 0 Å². The van der Waals surface area contributed by atoms with Crippen LogP contribution in [0.3, 0.4) is 0 Å². The molecule has 0 aliphatic heterocycles. The molecule has 1 unspecified atom stereocenters. The van der Waals surface area contributed by atoms with E-state index in [0.29, 0.717) is 12.6 Å². The van der Waals surface area contributed by atoms with Gasteiger partial charge in [0.1, 0.15) is 12.4 Å². The molecule has 0 aromatic heterocycles. The van der Waals surface area contributed by atoms with Gasteiger partial charge in [0, 0.05) is 17.1 Å². The Kier molecular flexibility index (Phi) is 7.47. The third-order valence-corrected chi connectivity index (χ3v) is 4.06. The van der Waals surface area contributed by atoms with Crippen LogP contribution in [0.2, 0.25) is 0 Å². The predicted octanol–water partition coefficient (Wildman–Crippen LogP) is 4.55. The average Bonchev–Trinajstić information content (AvgIpc) is 2.36. The molecule has 2 nitrogen and oxygen atoms in total. The third kappa shape index (κ3) is 6.98. The Hall–Kier alpha value is -0.540. The lowest BCUT2D eigenvalue weighted by Crippen LogP contribution is -2.30. The summed E-state index contributed by atoms with van der Waals surface area (Å²) in [4.78, 5) is 0. The summed E-state index contributed by atoms with van der Waals surface area (Å²) in [6.07, 6.45) is 2.51. The molecule has 19 heavy (non-hydrogen) atoms. The third-order valence-electron chi connectivity index (χ3n) is 3.17. The maximum Gasteiger partial charge on any atom is 0.119 e. The van der Waals surface area contributed by atoms with E-state index < -0.39 is 0 Å². The molecule has 0 saturated heterocycles. The summed E-state index contributed by atoms with van der Waals surface area (Å²) in [5, 5.41) is 3.50. The van der Waals surface area contributed by atoms with Crippen molar-refractivity contribution in [2.75, 3.05) is 13.2 Å². The van der Waals surface area contributed by atoms with E-state index in [4.69, 9.17) is 4.74 Å². The molecule has 0 heterocycles. The van der Waals surface area contributed by atoms with Crippen LogP contribution in [0.15, 0.2) is 22.7 Å². The van der Waals surface area contributed by atoms with Crippen LogP contribution in [-0.4, -0.2) is 19.2 Å². The molecular weight excluding hydrogens is 302 g/mol. The van der Waals surface area contributed by atoms with Crippen molar-refractivity contribution in [1.29, 1.82) is 0 Å². The quantitative estimate of drug-likeness (QED) is 0.707. The molecule has 0 amide bonds. The lowest BCUT2D eigenvalue weighted by Gasteiger charge is -2.15. The fourth-order valence-electron chi connectivity index (χ4n) is 1.87. The highest BCUT2D eigenvalue weighted by atomic mass is 79.9. The largest absolute Gasteiger partial charge is 0.492 e. The number of hydrogen-bond acceptors (Lipinski definition) is 2. The second-order valence-corrected chi connectivity index (χ2v) is 6.44. The summed E-state index contributed by atoms with van der Waals surface area (Å²) in [7, 11) is 0. The number of benzene rings is 1. The molecule has 0 saturated carbocycles. The van der Waals surface area contributed by atoms with Crippen LogP contribution < -0.4 is 10.1 Å². The zero-order valence-electron chi connectivity index (χ0n) is 12.5. The van der Waals surface area contributed by atoms with Crippen LogP contribution in [0.5, 0.6) is 5.75 Å². The van der Waals surface area contributed by atoms with E-state index in [0.717, 1.165) is 22.7 Å². The standard InChI is InChI=1S/C16H26BrNO/c1-12(2)5-6-14(4)18-9-10-19-15-7-8-16(17)13(3)11-15/h7-8,11-12,14,18H,5-6,9-10H2,1-4H3. The monoisotopic (exact) mass is 327 g/mol. The minimum absolute atomic E-state index is 0.567. The van der Waals surface area contributed by atoms with E-state index in [9.17, 15) is 0 Å². The Morgan fingerprint density at radius 3 is 2.58 bits per heavy atom. The van der Waals surface area contributed by atoms with Crippen LogP contribution in [0, 0.1) is 12.8 Å². The zero-order chi connectivity index (χ0) is 14.3. The molecule has 0 bridgehead atoms. The normalized spacial score (nSPS) is 12.7. The highest BCUT2D eigenvalue weighted by molar-refractivity contribution is 9.10. The van der Waals surface area contributed by atoms with Gasteiger partial charge in [-0.3, -0.25) is 0 Å². The molecule has 0 radical (unpaired) electrons. The lowest BCUT2D eigenvalue weighted by molar-refractivity contribution is 0.302. The number of aryl methyl sites for hydroxylation is 1. The van der Waals surface area contributed by atoms with Crippen LogP contribution >= 0.6 is 15.9 Å². The minimum Gasteiger partial charge on any atom is -0.492 e. The molecule has 1 N–H and O–H groups in total. The van der Waals surface area contributed by atoms with Gasteiger partial charge in [-0.25, -0.2) is 0 Å². The van der Waals surface area contributed by atoms with E-state index in [-0.39, 0.29) is 0 Å². The second-order valence-electron chi connectivity index (χ2n) is 5.59. The van der Waals surface area contributed by atoms with Gasteiger partial charge in [0.15, 0.2) is 0 Å². The highest BCUT2D eigenvalue weighted by Crippen LogP contribution is 2.21. The van der Waals surface area contributed by atoms with Gasteiger partial charge >= 0.3 is 0 Å². The molecule has 0 aliphatic rings. The lowest BCUT2D eigenvalue weighted by atomic mass is 10.0. The van der Waals surface area contributed by atoms with Gasteiger partial charge < -0.3 is 10.1 Å². The highest BCUT2D eigenvalue weighted by Gasteiger charge is 2.03. The van der Waals surface area contributed by atoms with Gasteiger partial charge in [-0.05, 0) is 56.4 Å². The van der Waals surface area contributed by atoms with Crippen molar-refractivity contribution in [2.24, 2.45) is 5.92 Å². The molecular formula is C16H26BrNO. The Bertz CT molecular complexity index is 379. The van der Waals surface area contributed by atoms with Gasteiger partial charge in [-0.15, -0.1) is 0 Å². The summed E-state index contributed by atoms with van der Waals surface area (Å²) in [5.41, 5.74) is 1.20. The first kappa shape index (κ1) is 16.5. The maximum absolute atomic E-state index is 5.73. The molecule has 0 aliphatic carbocycles. The van der Waals surface area contributed by atoms with E-state index in [1.54, 1.807) is 0 Å². The van der Waals surface area contributed by atoms with E-state index in [1.807, 2.05) is 12.1 Å². The first-order chi connectivity index (χ1) is 8.99. The van der Waals surface area contributed by atoms with Crippen molar-refractivity contribution in [2.45, 2.75) is 46.6 Å². The van der Waals surface area contributed by atoms with Gasteiger partial charge in [-0.1, -0.05) is 29.8 Å². The number of nitrogens with one attached hydrogen (secondary N) is 1. The second kappa shape index (κ2) is 8.60. The Morgan fingerprint density at radius 1 is 1.21 bits per heavy atom. The van der Waals surface area contributed by atoms with Crippen LogP contribution in [0.4, 0.5) is 0 Å². The zero-order valence-corrected chi connectivity index (χ0v) is 14.1. The maximum atomic E-state index is 5.73. The van der Waals surface area contributed by atoms with Crippen molar-refractivity contribution < 1.29 is 4.74 Å². The summed E-state index contributed by atoms with van der Waals surface area (Å²) >= 11 is 3.49. The van der Waals surface area contributed by atoms with Crippen LogP contribution in [-0.2, 0) is 0 Å². The van der Waals surface area contributed by atoms with Crippen molar-refractivity contribution in [3.05, 3.63) is 28.2 Å². The molecule has 0 spiro atoms. The number of ether oxygens (including phenoxy) is 1. The van der Waals surface area contributed by atoms with E-state index in [2.05, 4.69) is 55.0 Å². The first-order valence-electron chi connectivity index (χ1n) is 7.11. The Labute approximate surface area is 126 Å². The fraction of sp³-hybridized carbons (Fsp3) is 0.625. The Balaban J connectivity index is 2.18. The average molecular weight is 328 g/mol. The van der Waals surface area contributed by atoms with Crippen LogP contribution in [0.1, 0.15) is 39.2 Å². The van der Waals surface area contributed by atoms with E-state index >= 15 is 0 Å². The number of halogens is 1. The molecule has 108 valence electrons. The molecule has 1 aromatic rings. The van der Waals surface area contributed by atoms with Crippen molar-refractivity contribution >= 4 is 15.9 Å². The SMILES string of the molecule is Cc1cc(OCCNC(C)CCC(C)C)ccc1Br. The van der Waals surface area contributed by atoms with Crippen LogP contribution in [0.25, 0.3) is 0 Å². The fourth-order valence-corrected chi connectivity index (χ4v) is 2.11. The smallest absolute Gasteiger partial charge is 0.119 e. The number of rotatable bonds is 8. The van der Waals surface area contributed by atoms with Gasteiger partial charge in [0.25, 0.3) is 0 Å². The summed E-state index contributed by atoms with van der Waals surface area (Å²) in [6.45, 7) is 10.5. The summed E-state index contributed by atoms with van der Waals surface area (Å²) in [5.74, 6) is 1.73. The van der Waals surface area contributed by atoms with E-state index in [1.165, 1.54) is 18.4 Å². The minimum atomic E-state index is 0.567. The summed E-state index contributed by atoms with van der Waals surface area (Å²) in [6, 6.07) is 6.66. The molecule has 1 aromatic carbocycles. The van der Waals surface area contributed by atoms with Crippen molar-refractivity contribution in [1.82, 2.24) is 5.32 Å². The van der Waals surface area contributed by atoms with Gasteiger partial charge in [0.05, 0.1) is 0 Å². The predicted molar refractivity (Wildman–Crippen MR) is 85.9 cm³/mol. The van der Waals surface area contributed by atoms with Gasteiger partial charge in [-0.2, -0.15) is 0 Å². The molecule has 0 fully saturated rings. The number of hydrogen-bond donors (Lipinski definition) is 1. The molecule has 3 heteroatoms. The van der Waals surface area contributed by atoms with Gasteiger partial charge in [0.2, 0.25) is 0 Å². The summed E-state index contributed by atoms with van der Waals surface area (Å²) < 4.78 is 6.86. The molecule has 1 rings (SSSR count). The topological polar surface area (TPSA) is 21.3 Å². The Morgan fingerprint density at radius 2 is 1.95 bits per heavy atom. The molecule has 1 atom stereocenters. The first-order valence-corrected chi connectivity index (χ1v) is 7.90. The van der Waals surface area contributed by atoms with Crippen molar-refractivity contribution in [3.8, 4) is 5.75 Å².